The second-order valence-corrected chi connectivity index (χ2v) is 7.18. The number of anilines is 1. The maximum atomic E-state index is 12.6. The van der Waals surface area contributed by atoms with E-state index < -0.39 is 0 Å². The van der Waals surface area contributed by atoms with Crippen LogP contribution in [0.5, 0.6) is 5.75 Å². The lowest BCUT2D eigenvalue weighted by Gasteiger charge is -2.22. The Bertz CT molecular complexity index is 1020. The van der Waals surface area contributed by atoms with Gasteiger partial charge in [-0.3, -0.25) is 14.6 Å². The predicted molar refractivity (Wildman–Crippen MR) is 120 cm³/mol. The fourth-order valence-corrected chi connectivity index (χ4v) is 3.17. The van der Waals surface area contributed by atoms with E-state index in [-0.39, 0.29) is 24.3 Å². The highest BCUT2D eigenvalue weighted by molar-refractivity contribution is 6.04. The van der Waals surface area contributed by atoms with E-state index in [1.165, 1.54) is 0 Å². The monoisotopic (exact) mass is 418 g/mol. The molecule has 0 saturated heterocycles. The molecule has 1 heterocycles. The molecule has 3 N–H and O–H groups in total. The average molecular weight is 418 g/mol. The minimum absolute atomic E-state index is 0.0479. The van der Waals surface area contributed by atoms with Crippen LogP contribution in [0.15, 0.2) is 73.1 Å². The lowest BCUT2D eigenvalue weighted by atomic mass is 10.0. The SMILES string of the molecule is COc1ccccc1CC(=O)N(C)CC(N)c1ccc(C(=O)Nc2ccncc2)cc1. The van der Waals surface area contributed by atoms with E-state index in [2.05, 4.69) is 10.3 Å². The minimum atomic E-state index is -0.371. The molecule has 3 aromatic rings. The first-order valence-electron chi connectivity index (χ1n) is 9.90. The summed E-state index contributed by atoms with van der Waals surface area (Å²) in [7, 11) is 3.32. The van der Waals surface area contributed by atoms with Crippen LogP contribution in [0, 0.1) is 0 Å². The summed E-state index contributed by atoms with van der Waals surface area (Å²) in [6.07, 6.45) is 3.47. The first kappa shape index (κ1) is 22.0. The van der Waals surface area contributed by atoms with Gasteiger partial charge in [0.25, 0.3) is 5.91 Å². The Morgan fingerprint density at radius 1 is 1.06 bits per heavy atom. The van der Waals surface area contributed by atoms with Gasteiger partial charge in [-0.1, -0.05) is 30.3 Å². The number of pyridine rings is 1. The molecule has 0 aliphatic carbocycles. The number of aromatic nitrogens is 1. The highest BCUT2D eigenvalue weighted by atomic mass is 16.5. The van der Waals surface area contributed by atoms with E-state index in [4.69, 9.17) is 10.5 Å². The van der Waals surface area contributed by atoms with Crippen molar-refractivity contribution in [2.75, 3.05) is 26.0 Å². The number of rotatable bonds is 8. The molecule has 31 heavy (non-hydrogen) atoms. The third kappa shape index (κ3) is 5.90. The van der Waals surface area contributed by atoms with Crippen LogP contribution >= 0.6 is 0 Å². The van der Waals surface area contributed by atoms with Crippen LogP contribution in [-0.4, -0.2) is 42.4 Å². The number of ether oxygens (including phenoxy) is 1. The van der Waals surface area contributed by atoms with Gasteiger partial charge < -0.3 is 20.7 Å². The lowest BCUT2D eigenvalue weighted by molar-refractivity contribution is -0.129. The number of likely N-dealkylation sites (N-methyl/N-ethyl adjacent to an activating group) is 1. The van der Waals surface area contributed by atoms with Crippen LogP contribution in [0.4, 0.5) is 5.69 Å². The summed E-state index contributed by atoms with van der Waals surface area (Å²) in [6.45, 7) is 0.358. The molecular weight excluding hydrogens is 392 g/mol. The highest BCUT2D eigenvalue weighted by Gasteiger charge is 2.17. The molecule has 7 nitrogen and oxygen atoms in total. The predicted octanol–water partition coefficient (Wildman–Crippen LogP) is 3.04. The Balaban J connectivity index is 1.57. The number of nitrogens with two attached hydrogens (primary N) is 1. The Labute approximate surface area is 181 Å². The number of amides is 2. The first-order chi connectivity index (χ1) is 15.0. The van der Waals surface area contributed by atoms with Crippen LogP contribution in [0.3, 0.4) is 0 Å². The van der Waals surface area contributed by atoms with Crippen LogP contribution in [0.2, 0.25) is 0 Å². The molecule has 0 aliphatic rings. The molecule has 3 rings (SSSR count). The van der Waals surface area contributed by atoms with E-state index in [0.717, 1.165) is 11.1 Å². The summed E-state index contributed by atoms with van der Waals surface area (Å²) >= 11 is 0. The molecule has 0 radical (unpaired) electrons. The second kappa shape index (κ2) is 10.4. The molecule has 0 saturated carbocycles. The van der Waals surface area contributed by atoms with Crippen molar-refractivity contribution in [2.24, 2.45) is 5.73 Å². The second-order valence-electron chi connectivity index (χ2n) is 7.18. The van der Waals surface area contributed by atoms with E-state index >= 15 is 0 Å². The van der Waals surface area contributed by atoms with E-state index in [1.807, 2.05) is 36.4 Å². The van der Waals surface area contributed by atoms with Crippen molar-refractivity contribution in [1.29, 1.82) is 0 Å². The Kier molecular flexibility index (Phi) is 7.35. The molecule has 2 amide bonds. The Hall–Kier alpha value is -3.71. The summed E-state index contributed by atoms with van der Waals surface area (Å²) in [4.78, 5) is 30.5. The Morgan fingerprint density at radius 3 is 2.42 bits per heavy atom. The molecule has 160 valence electrons. The molecule has 0 bridgehead atoms. The molecule has 0 spiro atoms. The zero-order valence-electron chi connectivity index (χ0n) is 17.6. The van der Waals surface area contributed by atoms with Crippen LogP contribution in [0.25, 0.3) is 0 Å². The fourth-order valence-electron chi connectivity index (χ4n) is 3.17. The molecule has 0 aliphatic heterocycles. The largest absolute Gasteiger partial charge is 0.496 e. The Morgan fingerprint density at radius 2 is 1.74 bits per heavy atom. The standard InChI is InChI=1S/C24H26N4O3/c1-28(23(29)15-19-5-3-4-6-22(19)31-2)16-21(25)17-7-9-18(10-8-17)24(30)27-20-11-13-26-14-12-20/h3-14,21H,15-16,25H2,1-2H3,(H,26,27,30). The van der Waals surface area contributed by atoms with Crippen molar-refractivity contribution in [3.63, 3.8) is 0 Å². The van der Waals surface area contributed by atoms with Gasteiger partial charge in [-0.05, 0) is 35.9 Å². The number of para-hydroxylation sites is 1. The number of carbonyl (C=O) groups is 2. The van der Waals surface area contributed by atoms with E-state index in [1.54, 1.807) is 55.7 Å². The number of carbonyl (C=O) groups excluding carboxylic acids is 2. The topological polar surface area (TPSA) is 97.5 Å². The molecule has 1 aromatic heterocycles. The van der Waals surface area contributed by atoms with Gasteiger partial charge in [0.05, 0.1) is 13.5 Å². The third-order valence-corrected chi connectivity index (χ3v) is 4.97. The van der Waals surface area contributed by atoms with Gasteiger partial charge in [-0.15, -0.1) is 0 Å². The van der Waals surface area contributed by atoms with Gasteiger partial charge in [-0.25, -0.2) is 0 Å². The van der Waals surface area contributed by atoms with Crippen molar-refractivity contribution in [3.05, 3.63) is 89.7 Å². The number of nitrogens with zero attached hydrogens (tertiary/aromatic N) is 2. The van der Waals surface area contributed by atoms with Crippen molar-refractivity contribution in [1.82, 2.24) is 9.88 Å². The first-order valence-corrected chi connectivity index (χ1v) is 9.90. The van der Waals surface area contributed by atoms with Crippen molar-refractivity contribution >= 4 is 17.5 Å². The maximum Gasteiger partial charge on any atom is 0.255 e. The molecule has 1 unspecified atom stereocenters. The van der Waals surface area contributed by atoms with Gasteiger partial charge in [0.15, 0.2) is 0 Å². The number of nitrogens with one attached hydrogen (secondary N) is 1. The number of benzene rings is 2. The summed E-state index contributed by atoms with van der Waals surface area (Å²) in [5, 5.41) is 2.81. The summed E-state index contributed by atoms with van der Waals surface area (Å²) in [5.74, 6) is 0.429. The smallest absolute Gasteiger partial charge is 0.255 e. The van der Waals surface area contributed by atoms with Gasteiger partial charge in [-0.2, -0.15) is 0 Å². The van der Waals surface area contributed by atoms with E-state index in [0.29, 0.717) is 23.5 Å². The maximum absolute atomic E-state index is 12.6. The van der Waals surface area contributed by atoms with Gasteiger partial charge >= 0.3 is 0 Å². The lowest BCUT2D eigenvalue weighted by Crippen LogP contribution is -2.35. The van der Waals surface area contributed by atoms with Crippen LogP contribution < -0.4 is 15.8 Å². The van der Waals surface area contributed by atoms with Gasteiger partial charge in [0, 0.05) is 48.8 Å². The highest BCUT2D eigenvalue weighted by Crippen LogP contribution is 2.19. The molecular formula is C24H26N4O3. The summed E-state index contributed by atoms with van der Waals surface area (Å²) in [5.41, 5.74) is 9.18. The molecule has 1 atom stereocenters. The fraction of sp³-hybridized carbons (Fsp3) is 0.208. The molecule has 7 heteroatoms. The molecule has 0 fully saturated rings. The zero-order chi connectivity index (χ0) is 22.2. The third-order valence-electron chi connectivity index (χ3n) is 4.97. The van der Waals surface area contributed by atoms with Crippen LogP contribution in [-0.2, 0) is 11.2 Å². The number of methoxy groups -OCH3 is 1. The summed E-state index contributed by atoms with van der Waals surface area (Å²) < 4.78 is 5.31. The van der Waals surface area contributed by atoms with Gasteiger partial charge in [0.2, 0.25) is 5.91 Å². The average Bonchev–Trinajstić information content (AvgIpc) is 2.80. The normalized spacial score (nSPS) is 11.5. The van der Waals surface area contributed by atoms with Crippen LogP contribution in [0.1, 0.15) is 27.5 Å². The van der Waals surface area contributed by atoms with Crippen molar-refractivity contribution < 1.29 is 14.3 Å². The van der Waals surface area contributed by atoms with Crippen molar-refractivity contribution in [2.45, 2.75) is 12.5 Å². The number of hydrogen-bond donors (Lipinski definition) is 2. The number of hydrogen-bond acceptors (Lipinski definition) is 5. The molecule has 2 aromatic carbocycles. The quantitative estimate of drug-likeness (QED) is 0.586. The minimum Gasteiger partial charge on any atom is -0.496 e. The van der Waals surface area contributed by atoms with E-state index in [9.17, 15) is 9.59 Å². The zero-order valence-corrected chi connectivity index (χ0v) is 17.6. The van der Waals surface area contributed by atoms with Gasteiger partial charge in [0.1, 0.15) is 5.75 Å². The van der Waals surface area contributed by atoms with Crippen molar-refractivity contribution in [3.8, 4) is 5.75 Å². The summed E-state index contributed by atoms with van der Waals surface area (Å²) in [6, 6.07) is 17.6.